The van der Waals surface area contributed by atoms with Crippen LogP contribution in [0.15, 0.2) is 18.2 Å². The Labute approximate surface area is 111 Å². The van der Waals surface area contributed by atoms with E-state index in [1.807, 2.05) is 0 Å². The fraction of sp³-hybridized carbons (Fsp3) is 0.462. The highest BCUT2D eigenvalue weighted by Gasteiger charge is 2.22. The molecule has 2 rings (SSSR count). The molecule has 6 nitrogen and oxygen atoms in total. The molecule has 0 aliphatic carbocycles. The Kier molecular flexibility index (Phi) is 3.99. The van der Waals surface area contributed by atoms with Crippen LogP contribution in [-0.4, -0.2) is 35.9 Å². The number of carbonyl (C=O) groups excluding carboxylic acids is 1. The summed E-state index contributed by atoms with van der Waals surface area (Å²) < 4.78 is 0. The van der Waals surface area contributed by atoms with Crippen molar-refractivity contribution in [3.8, 4) is 0 Å². The summed E-state index contributed by atoms with van der Waals surface area (Å²) in [5.74, 6) is -0.132. The Balaban J connectivity index is 2.32. The molecule has 0 unspecified atom stereocenters. The molecular weight excluding hydrogens is 246 g/mol. The van der Waals surface area contributed by atoms with E-state index in [9.17, 15) is 14.9 Å². The van der Waals surface area contributed by atoms with Crippen LogP contribution >= 0.6 is 0 Å². The second kappa shape index (κ2) is 5.69. The van der Waals surface area contributed by atoms with Crippen LogP contribution in [-0.2, 0) is 0 Å². The minimum Gasteiger partial charge on any atom is -0.387 e. The molecule has 0 aromatic heterocycles. The van der Waals surface area contributed by atoms with Crippen LogP contribution in [0.1, 0.15) is 29.6 Å². The molecule has 0 radical (unpaired) electrons. The molecule has 6 heteroatoms. The molecule has 102 valence electrons. The molecule has 0 bridgehead atoms. The zero-order chi connectivity index (χ0) is 13.8. The molecule has 1 saturated heterocycles. The topological polar surface area (TPSA) is 75.5 Å². The molecule has 0 saturated carbocycles. The predicted molar refractivity (Wildman–Crippen MR) is 72.4 cm³/mol. The molecular formula is C13H17N3O3. The lowest BCUT2D eigenvalue weighted by molar-refractivity contribution is -0.384. The van der Waals surface area contributed by atoms with E-state index in [4.69, 9.17) is 0 Å². The van der Waals surface area contributed by atoms with E-state index < -0.39 is 4.92 Å². The zero-order valence-electron chi connectivity index (χ0n) is 10.9. The summed E-state index contributed by atoms with van der Waals surface area (Å²) in [6.45, 7) is 1.45. The van der Waals surface area contributed by atoms with Crippen LogP contribution in [0.5, 0.6) is 0 Å². The molecule has 1 heterocycles. The highest BCUT2D eigenvalue weighted by molar-refractivity contribution is 6.00. The van der Waals surface area contributed by atoms with Crippen molar-refractivity contribution < 1.29 is 9.72 Å². The van der Waals surface area contributed by atoms with Gasteiger partial charge in [-0.1, -0.05) is 0 Å². The number of nitrogens with one attached hydrogen (secondary N) is 1. The maximum absolute atomic E-state index is 12.4. The van der Waals surface area contributed by atoms with Crippen molar-refractivity contribution in [3.63, 3.8) is 0 Å². The van der Waals surface area contributed by atoms with E-state index in [1.165, 1.54) is 12.1 Å². The third-order valence-corrected chi connectivity index (χ3v) is 3.36. The number of hydrogen-bond acceptors (Lipinski definition) is 4. The second-order valence-corrected chi connectivity index (χ2v) is 4.59. The fourth-order valence-electron chi connectivity index (χ4n) is 2.31. The molecule has 1 amide bonds. The molecule has 1 aliphatic heterocycles. The average Bonchev–Trinajstić information content (AvgIpc) is 2.46. The Morgan fingerprint density at radius 1 is 1.32 bits per heavy atom. The lowest BCUT2D eigenvalue weighted by atomic mass is 10.1. The zero-order valence-corrected chi connectivity index (χ0v) is 10.9. The van der Waals surface area contributed by atoms with Gasteiger partial charge in [0.25, 0.3) is 11.6 Å². The van der Waals surface area contributed by atoms with Gasteiger partial charge in [0.15, 0.2) is 0 Å². The number of carbonyl (C=O) groups is 1. The van der Waals surface area contributed by atoms with Gasteiger partial charge in [-0.25, -0.2) is 0 Å². The van der Waals surface area contributed by atoms with Gasteiger partial charge in [0, 0.05) is 38.0 Å². The minimum absolute atomic E-state index is 0.0561. The number of benzene rings is 1. The summed E-state index contributed by atoms with van der Waals surface area (Å²) in [7, 11) is 1.70. The van der Waals surface area contributed by atoms with Gasteiger partial charge in [0.2, 0.25) is 0 Å². The van der Waals surface area contributed by atoms with Crippen molar-refractivity contribution in [2.75, 3.05) is 25.5 Å². The van der Waals surface area contributed by atoms with E-state index in [-0.39, 0.29) is 11.6 Å². The molecule has 1 aromatic carbocycles. The first-order valence-electron chi connectivity index (χ1n) is 6.39. The largest absolute Gasteiger partial charge is 0.387 e. The molecule has 1 fully saturated rings. The van der Waals surface area contributed by atoms with E-state index in [1.54, 1.807) is 18.0 Å². The predicted octanol–water partition coefficient (Wildman–Crippen LogP) is 2.26. The van der Waals surface area contributed by atoms with E-state index in [2.05, 4.69) is 5.32 Å². The third kappa shape index (κ3) is 2.83. The number of piperidine rings is 1. The summed E-state index contributed by atoms with van der Waals surface area (Å²) in [5, 5.41) is 13.7. The van der Waals surface area contributed by atoms with Crippen molar-refractivity contribution in [1.29, 1.82) is 0 Å². The van der Waals surface area contributed by atoms with E-state index in [0.717, 1.165) is 32.4 Å². The van der Waals surface area contributed by atoms with Gasteiger partial charge in [0.1, 0.15) is 0 Å². The monoisotopic (exact) mass is 263 g/mol. The maximum Gasteiger partial charge on any atom is 0.270 e. The van der Waals surface area contributed by atoms with E-state index >= 15 is 0 Å². The fourth-order valence-corrected chi connectivity index (χ4v) is 2.31. The number of nitrogens with zero attached hydrogens (tertiary/aromatic N) is 2. The van der Waals surface area contributed by atoms with Gasteiger partial charge >= 0.3 is 0 Å². The van der Waals surface area contributed by atoms with Gasteiger partial charge < -0.3 is 10.2 Å². The number of nitro groups is 1. The maximum atomic E-state index is 12.4. The quantitative estimate of drug-likeness (QED) is 0.670. The number of likely N-dealkylation sites (tertiary alicyclic amines) is 1. The first-order chi connectivity index (χ1) is 9.13. The third-order valence-electron chi connectivity index (χ3n) is 3.36. The minimum atomic E-state index is -0.480. The number of non-ortho nitro benzene ring substituents is 1. The Morgan fingerprint density at radius 2 is 2.00 bits per heavy atom. The van der Waals surface area contributed by atoms with Crippen molar-refractivity contribution in [2.45, 2.75) is 19.3 Å². The molecule has 0 spiro atoms. The van der Waals surface area contributed by atoms with Crippen LogP contribution in [0.2, 0.25) is 0 Å². The summed E-state index contributed by atoms with van der Waals surface area (Å²) in [6, 6.07) is 4.33. The first-order valence-corrected chi connectivity index (χ1v) is 6.39. The SMILES string of the molecule is CNc1ccc([N+](=O)[O-])cc1C(=O)N1CCCCC1. The Bertz CT molecular complexity index is 496. The van der Waals surface area contributed by atoms with Crippen molar-refractivity contribution in [3.05, 3.63) is 33.9 Å². The Morgan fingerprint density at radius 3 is 2.58 bits per heavy atom. The standard InChI is InChI=1S/C13H17N3O3/c1-14-12-6-5-10(16(18)19)9-11(12)13(17)15-7-3-2-4-8-15/h5-6,9,14H,2-4,7-8H2,1H3. The number of rotatable bonds is 3. The summed E-state index contributed by atoms with van der Waals surface area (Å²) >= 11 is 0. The molecule has 19 heavy (non-hydrogen) atoms. The van der Waals surface area contributed by atoms with Crippen molar-refractivity contribution in [2.24, 2.45) is 0 Å². The number of amides is 1. The number of nitro benzene ring substituents is 1. The van der Waals surface area contributed by atoms with Crippen LogP contribution in [0.4, 0.5) is 11.4 Å². The smallest absolute Gasteiger partial charge is 0.270 e. The van der Waals surface area contributed by atoms with Crippen molar-refractivity contribution in [1.82, 2.24) is 4.90 Å². The highest BCUT2D eigenvalue weighted by atomic mass is 16.6. The number of hydrogen-bond donors (Lipinski definition) is 1. The van der Waals surface area contributed by atoms with Gasteiger partial charge in [-0.15, -0.1) is 0 Å². The summed E-state index contributed by atoms with van der Waals surface area (Å²) in [4.78, 5) is 24.5. The van der Waals surface area contributed by atoms with Gasteiger partial charge in [-0.3, -0.25) is 14.9 Å². The lowest BCUT2D eigenvalue weighted by Gasteiger charge is -2.27. The molecule has 1 aromatic rings. The highest BCUT2D eigenvalue weighted by Crippen LogP contribution is 2.24. The summed E-state index contributed by atoms with van der Waals surface area (Å²) in [5.41, 5.74) is 0.944. The average molecular weight is 263 g/mol. The Hall–Kier alpha value is -2.11. The summed E-state index contributed by atoms with van der Waals surface area (Å²) in [6.07, 6.45) is 3.13. The lowest BCUT2D eigenvalue weighted by Crippen LogP contribution is -2.35. The van der Waals surface area contributed by atoms with Gasteiger partial charge in [-0.2, -0.15) is 0 Å². The molecule has 0 atom stereocenters. The van der Waals surface area contributed by atoms with Gasteiger partial charge in [0.05, 0.1) is 10.5 Å². The van der Waals surface area contributed by atoms with Crippen LogP contribution < -0.4 is 5.32 Å². The first kappa shape index (κ1) is 13.3. The molecule has 1 N–H and O–H groups in total. The van der Waals surface area contributed by atoms with Crippen LogP contribution in [0, 0.1) is 10.1 Å². The normalized spacial score (nSPS) is 15.1. The van der Waals surface area contributed by atoms with Gasteiger partial charge in [-0.05, 0) is 25.3 Å². The second-order valence-electron chi connectivity index (χ2n) is 4.59. The number of anilines is 1. The van der Waals surface area contributed by atoms with E-state index in [0.29, 0.717) is 11.3 Å². The van der Waals surface area contributed by atoms with Crippen LogP contribution in [0.3, 0.4) is 0 Å². The molecule has 1 aliphatic rings. The van der Waals surface area contributed by atoms with Crippen molar-refractivity contribution >= 4 is 17.3 Å². The van der Waals surface area contributed by atoms with Crippen LogP contribution in [0.25, 0.3) is 0 Å².